The number of ether oxygens (including phenoxy) is 1. The summed E-state index contributed by atoms with van der Waals surface area (Å²) in [5, 5.41) is 0. The van der Waals surface area contributed by atoms with E-state index < -0.39 is 26.2 Å². The van der Waals surface area contributed by atoms with Crippen LogP contribution in [0.5, 0.6) is 0 Å². The Hall–Kier alpha value is -0.540. The second kappa shape index (κ2) is 4.11. The molecule has 0 bridgehead atoms. The van der Waals surface area contributed by atoms with Crippen molar-refractivity contribution >= 4 is 21.6 Å². The summed E-state index contributed by atoms with van der Waals surface area (Å²) < 4.78 is 51.4. The van der Waals surface area contributed by atoms with E-state index in [1.165, 1.54) is 0 Å². The third-order valence-corrected chi connectivity index (χ3v) is 2.14. The molecule has 3 heteroatoms. The van der Waals surface area contributed by atoms with Gasteiger partial charge in [-0.2, -0.15) is 0 Å². The van der Waals surface area contributed by atoms with Crippen LogP contribution in [0, 0.1) is 0 Å². The Kier molecular flexibility index (Phi) is 1.37. The highest BCUT2D eigenvalue weighted by atomic mass is 79.9. The minimum atomic E-state index is -2.75. The average Bonchev–Trinajstić information content (AvgIpc) is 2.22. The summed E-state index contributed by atoms with van der Waals surface area (Å²) in [6.45, 7) is -7.89. The zero-order valence-electron chi connectivity index (χ0n) is 12.7. The highest BCUT2D eigenvalue weighted by Gasteiger charge is 2.10. The number of rotatable bonds is 1. The van der Waals surface area contributed by atoms with Gasteiger partial charge >= 0.3 is 0 Å². The number of hydrogen-bond acceptors (Lipinski definition) is 2. The lowest BCUT2D eigenvalue weighted by molar-refractivity contribution is 0.122. The topological polar surface area (TPSA) is 12.5 Å². The van der Waals surface area contributed by atoms with Gasteiger partial charge in [0.15, 0.2) is 0 Å². The first kappa shape index (κ1) is 4.32. The molecule has 1 aliphatic heterocycles. The Morgan fingerprint density at radius 2 is 2.38 bits per heavy atom. The van der Waals surface area contributed by atoms with Gasteiger partial charge in [0.1, 0.15) is 0 Å². The van der Waals surface area contributed by atoms with E-state index >= 15 is 0 Å². The van der Waals surface area contributed by atoms with Crippen LogP contribution < -0.4 is 4.90 Å². The number of halogens is 1. The standard InChI is InChI=1S/C10H12BrNO/c11-9-2-1-3-10(8-9)12-4-6-13-7-5-12/h1-3,8H,4-7H2/i4D2,6D2,7D2. The maximum absolute atomic E-state index is 7.88. The molecule has 1 aromatic rings. The molecule has 0 unspecified atom stereocenters. The quantitative estimate of drug-likeness (QED) is 0.756. The summed E-state index contributed by atoms with van der Waals surface area (Å²) >= 11 is 3.26. The Morgan fingerprint density at radius 3 is 3.23 bits per heavy atom. The van der Waals surface area contributed by atoms with Crippen molar-refractivity contribution < 1.29 is 13.0 Å². The van der Waals surface area contributed by atoms with E-state index in [9.17, 15) is 0 Å². The van der Waals surface area contributed by atoms with Crippen molar-refractivity contribution in [3.05, 3.63) is 28.7 Å². The molecule has 0 spiro atoms. The van der Waals surface area contributed by atoms with Gasteiger partial charge in [0, 0.05) is 23.2 Å². The second-order valence-corrected chi connectivity index (χ2v) is 3.44. The minimum Gasteiger partial charge on any atom is -0.378 e. The fourth-order valence-corrected chi connectivity index (χ4v) is 1.44. The molecule has 2 rings (SSSR count). The van der Waals surface area contributed by atoms with Crippen LogP contribution in [-0.4, -0.2) is 26.2 Å². The van der Waals surface area contributed by atoms with E-state index in [4.69, 9.17) is 8.22 Å². The van der Waals surface area contributed by atoms with Crippen molar-refractivity contribution in [3.8, 4) is 0 Å². The van der Waals surface area contributed by atoms with Crippen molar-refractivity contribution in [2.24, 2.45) is 0 Å². The largest absolute Gasteiger partial charge is 0.378 e. The van der Waals surface area contributed by atoms with E-state index in [0.717, 1.165) is 4.90 Å². The summed E-state index contributed by atoms with van der Waals surface area (Å²) in [7, 11) is 0. The van der Waals surface area contributed by atoms with E-state index in [1.54, 1.807) is 24.3 Å². The molecule has 0 amide bonds. The van der Waals surface area contributed by atoms with Gasteiger partial charge in [0.05, 0.1) is 21.3 Å². The van der Waals surface area contributed by atoms with Crippen molar-refractivity contribution in [1.82, 2.24) is 0 Å². The molecule has 0 N–H and O–H groups in total. The van der Waals surface area contributed by atoms with Gasteiger partial charge in [0.25, 0.3) is 0 Å². The summed E-state index contributed by atoms with van der Waals surface area (Å²) in [6.07, 6.45) is 0. The van der Waals surface area contributed by atoms with Crippen molar-refractivity contribution in [1.29, 1.82) is 0 Å². The zero-order valence-corrected chi connectivity index (χ0v) is 8.34. The Bertz CT molecular complexity index is 495. The van der Waals surface area contributed by atoms with Crippen LogP contribution in [0.4, 0.5) is 5.69 Å². The average molecular weight is 248 g/mol. The molecule has 1 aromatic carbocycles. The van der Waals surface area contributed by atoms with Crippen molar-refractivity contribution in [2.75, 3.05) is 31.1 Å². The van der Waals surface area contributed by atoms with E-state index in [2.05, 4.69) is 20.7 Å². The first-order valence-electron chi connectivity index (χ1n) is 6.79. The van der Waals surface area contributed by atoms with Crippen molar-refractivity contribution in [3.63, 3.8) is 0 Å². The van der Waals surface area contributed by atoms with Crippen LogP contribution in [0.25, 0.3) is 0 Å². The maximum atomic E-state index is 7.88. The molecule has 1 saturated heterocycles. The summed E-state index contributed by atoms with van der Waals surface area (Å²) in [5.74, 6) is 0. The summed E-state index contributed by atoms with van der Waals surface area (Å²) in [4.78, 5) is 1.04. The molecule has 0 atom stereocenters. The molecule has 70 valence electrons. The highest BCUT2D eigenvalue weighted by molar-refractivity contribution is 9.10. The van der Waals surface area contributed by atoms with Gasteiger partial charge in [-0.15, -0.1) is 0 Å². The van der Waals surface area contributed by atoms with Crippen LogP contribution in [0.1, 0.15) is 8.22 Å². The minimum absolute atomic E-state index is 0.385. The molecule has 1 fully saturated rings. The third kappa shape index (κ3) is 2.23. The molecule has 0 saturated carbocycles. The third-order valence-electron chi connectivity index (χ3n) is 1.65. The first-order valence-corrected chi connectivity index (χ1v) is 4.58. The predicted molar refractivity (Wildman–Crippen MR) is 57.2 cm³/mol. The molecule has 1 aliphatic rings. The first-order chi connectivity index (χ1) is 8.55. The molecule has 0 aliphatic carbocycles. The molecule has 0 aromatic heterocycles. The highest BCUT2D eigenvalue weighted by Crippen LogP contribution is 2.20. The Balaban J connectivity index is 2.47. The number of hydrogen-bond donors (Lipinski definition) is 0. The fraction of sp³-hybridized carbons (Fsp3) is 0.400. The molecule has 1 heterocycles. The normalized spacial score (nSPS) is 35.9. The van der Waals surface area contributed by atoms with Gasteiger partial charge < -0.3 is 9.64 Å². The summed E-state index contributed by atoms with van der Waals surface area (Å²) in [5.41, 5.74) is 0.385. The van der Waals surface area contributed by atoms with Gasteiger partial charge in [-0.05, 0) is 18.2 Å². The van der Waals surface area contributed by atoms with E-state index in [1.807, 2.05) is 0 Å². The number of anilines is 1. The number of morpholine rings is 1. The zero-order chi connectivity index (χ0) is 14.5. The van der Waals surface area contributed by atoms with E-state index in [0.29, 0.717) is 10.2 Å². The number of nitrogens with zero attached hydrogens (tertiary/aromatic N) is 1. The second-order valence-electron chi connectivity index (χ2n) is 2.53. The van der Waals surface area contributed by atoms with Gasteiger partial charge in [-0.1, -0.05) is 22.0 Å². The lowest BCUT2D eigenvalue weighted by Gasteiger charge is -2.28. The molecular formula is C10H12BrNO. The van der Waals surface area contributed by atoms with Crippen LogP contribution in [0.15, 0.2) is 28.7 Å². The van der Waals surface area contributed by atoms with Gasteiger partial charge in [0.2, 0.25) is 0 Å². The van der Waals surface area contributed by atoms with Crippen molar-refractivity contribution in [2.45, 2.75) is 0 Å². The van der Waals surface area contributed by atoms with Gasteiger partial charge in [-0.3, -0.25) is 0 Å². The number of benzene rings is 1. The predicted octanol–water partition coefficient (Wildman–Crippen LogP) is 2.29. The fourth-order valence-electron chi connectivity index (χ4n) is 1.05. The molecule has 0 radical (unpaired) electrons. The molecular weight excluding hydrogens is 230 g/mol. The van der Waals surface area contributed by atoms with Crippen LogP contribution in [0.3, 0.4) is 0 Å². The monoisotopic (exact) mass is 247 g/mol. The Morgan fingerprint density at radius 1 is 1.46 bits per heavy atom. The molecule has 13 heavy (non-hydrogen) atoms. The lowest BCUT2D eigenvalue weighted by Crippen LogP contribution is -2.36. The smallest absolute Gasteiger partial charge is 0.0642 e. The maximum Gasteiger partial charge on any atom is 0.0642 e. The van der Waals surface area contributed by atoms with Crippen LogP contribution in [0.2, 0.25) is 0 Å². The Labute approximate surface area is 95.1 Å². The SMILES string of the molecule is [2H]C1([2H])CN(c2cccc(Br)c2)C([2H])([2H])C([2H])([2H])O1. The van der Waals surface area contributed by atoms with Crippen LogP contribution in [-0.2, 0) is 4.74 Å². The molecule has 2 nitrogen and oxygen atoms in total. The lowest BCUT2D eigenvalue weighted by atomic mass is 10.3. The van der Waals surface area contributed by atoms with Gasteiger partial charge in [-0.25, -0.2) is 0 Å². The van der Waals surface area contributed by atoms with E-state index in [-0.39, 0.29) is 0 Å². The summed E-state index contributed by atoms with van der Waals surface area (Å²) in [6, 6.07) is 6.63. The van der Waals surface area contributed by atoms with Crippen LogP contribution >= 0.6 is 15.9 Å².